The Labute approximate surface area is 147 Å². The minimum Gasteiger partial charge on any atom is -0.366 e. The highest BCUT2D eigenvalue weighted by atomic mass is 16.2. The van der Waals surface area contributed by atoms with Crippen LogP contribution in [0.3, 0.4) is 0 Å². The lowest BCUT2D eigenvalue weighted by Gasteiger charge is -2.30. The van der Waals surface area contributed by atoms with E-state index in [1.165, 1.54) is 5.69 Å². The van der Waals surface area contributed by atoms with Crippen LogP contribution in [0.5, 0.6) is 0 Å². The minimum absolute atomic E-state index is 0.0482. The molecular weight excluding hydrogens is 316 g/mol. The summed E-state index contributed by atoms with van der Waals surface area (Å²) in [5.74, 6) is -0.526. The molecule has 0 aliphatic carbocycles. The van der Waals surface area contributed by atoms with E-state index in [1.54, 1.807) is 24.3 Å². The maximum absolute atomic E-state index is 12.7. The number of nitrogens with one attached hydrogen (secondary N) is 1. The number of carbonyl (C=O) groups is 2. The lowest BCUT2D eigenvalue weighted by molar-refractivity contribution is -0.121. The molecule has 2 heterocycles. The summed E-state index contributed by atoms with van der Waals surface area (Å²) < 4.78 is 2.12. The van der Waals surface area contributed by atoms with Crippen LogP contribution in [0.25, 0.3) is 0 Å². The van der Waals surface area contributed by atoms with Crippen molar-refractivity contribution in [3.63, 3.8) is 0 Å². The highest BCUT2D eigenvalue weighted by Gasteiger charge is 2.34. The molecule has 2 aromatic rings. The van der Waals surface area contributed by atoms with E-state index in [9.17, 15) is 9.59 Å². The lowest BCUT2D eigenvalue weighted by atomic mass is 10.1. The summed E-state index contributed by atoms with van der Waals surface area (Å²) in [5, 5.41) is 2.93. The Balaban J connectivity index is 1.69. The van der Waals surface area contributed by atoms with E-state index in [0.29, 0.717) is 11.3 Å². The number of nitrogens with two attached hydrogens (primary N) is 1. The summed E-state index contributed by atoms with van der Waals surface area (Å²) in [6.45, 7) is 2.85. The number of primary amides is 1. The first-order chi connectivity index (χ1) is 12.0. The van der Waals surface area contributed by atoms with Crippen molar-refractivity contribution in [2.24, 2.45) is 12.8 Å². The van der Waals surface area contributed by atoms with Gasteiger partial charge in [-0.25, -0.2) is 0 Å². The number of anilines is 1. The van der Waals surface area contributed by atoms with Crippen LogP contribution < -0.4 is 11.1 Å². The monoisotopic (exact) mass is 340 g/mol. The SMILES string of the molecule is C[C@H](C(=O)Nc1ccc(C(N)=O)cc1)N1CCC[C@@H]1c1cccn1C. The molecule has 0 radical (unpaired) electrons. The molecular formula is C19H24N4O2. The summed E-state index contributed by atoms with van der Waals surface area (Å²) >= 11 is 0. The van der Waals surface area contributed by atoms with Crippen molar-refractivity contribution in [2.75, 3.05) is 11.9 Å². The van der Waals surface area contributed by atoms with Gasteiger partial charge in [0.05, 0.1) is 12.1 Å². The van der Waals surface area contributed by atoms with Crippen LogP contribution in [0, 0.1) is 0 Å². The molecule has 6 nitrogen and oxygen atoms in total. The molecule has 1 aromatic heterocycles. The standard InChI is InChI=1S/C19H24N4O2/c1-13(19(25)21-15-9-7-14(8-10-15)18(20)24)23-12-4-6-17(23)16-5-3-11-22(16)2/h3,5,7-11,13,17H,4,6,12H2,1-2H3,(H2,20,24)(H,21,25)/t13-,17-/m1/s1. The van der Waals surface area contributed by atoms with E-state index in [0.717, 1.165) is 19.4 Å². The van der Waals surface area contributed by atoms with Crippen LogP contribution in [0.1, 0.15) is 41.9 Å². The van der Waals surface area contributed by atoms with Gasteiger partial charge in [-0.1, -0.05) is 0 Å². The second-order valence-electron chi connectivity index (χ2n) is 6.55. The molecule has 132 valence electrons. The van der Waals surface area contributed by atoms with Gasteiger partial charge in [0, 0.05) is 30.2 Å². The topological polar surface area (TPSA) is 80.4 Å². The van der Waals surface area contributed by atoms with Gasteiger partial charge in [0.25, 0.3) is 0 Å². The third-order valence-electron chi connectivity index (χ3n) is 4.93. The number of amides is 2. The van der Waals surface area contributed by atoms with Gasteiger partial charge in [0.2, 0.25) is 11.8 Å². The molecule has 25 heavy (non-hydrogen) atoms. The fourth-order valence-corrected chi connectivity index (χ4v) is 3.51. The van der Waals surface area contributed by atoms with Crippen LogP contribution >= 0.6 is 0 Å². The molecule has 2 amide bonds. The summed E-state index contributed by atoms with van der Waals surface area (Å²) in [7, 11) is 2.04. The first-order valence-electron chi connectivity index (χ1n) is 8.55. The smallest absolute Gasteiger partial charge is 0.248 e. The van der Waals surface area contributed by atoms with Gasteiger partial charge >= 0.3 is 0 Å². The quantitative estimate of drug-likeness (QED) is 0.876. The van der Waals surface area contributed by atoms with E-state index in [1.807, 2.05) is 26.2 Å². The number of carbonyl (C=O) groups excluding carboxylic acids is 2. The van der Waals surface area contributed by atoms with Crippen LogP contribution in [0.2, 0.25) is 0 Å². The molecule has 1 saturated heterocycles. The number of likely N-dealkylation sites (tertiary alicyclic amines) is 1. The fraction of sp³-hybridized carbons (Fsp3) is 0.368. The molecule has 6 heteroatoms. The third kappa shape index (κ3) is 3.58. The number of nitrogens with zero attached hydrogens (tertiary/aromatic N) is 2. The summed E-state index contributed by atoms with van der Waals surface area (Å²) in [4.78, 5) is 26.0. The van der Waals surface area contributed by atoms with Gasteiger partial charge < -0.3 is 15.6 Å². The second-order valence-corrected chi connectivity index (χ2v) is 6.55. The molecule has 1 aliphatic heterocycles. The molecule has 3 N–H and O–H groups in total. The zero-order valence-electron chi connectivity index (χ0n) is 14.6. The number of benzene rings is 1. The lowest BCUT2D eigenvalue weighted by Crippen LogP contribution is -2.42. The Morgan fingerprint density at radius 3 is 2.56 bits per heavy atom. The fourth-order valence-electron chi connectivity index (χ4n) is 3.51. The van der Waals surface area contributed by atoms with Gasteiger partial charge in [-0.3, -0.25) is 14.5 Å². The average molecular weight is 340 g/mol. The van der Waals surface area contributed by atoms with Crippen LogP contribution in [-0.4, -0.2) is 33.9 Å². The van der Waals surface area contributed by atoms with Crippen molar-refractivity contribution in [1.82, 2.24) is 9.47 Å². The van der Waals surface area contributed by atoms with Crippen molar-refractivity contribution in [2.45, 2.75) is 31.8 Å². The number of hydrogen-bond donors (Lipinski definition) is 2. The van der Waals surface area contributed by atoms with E-state index < -0.39 is 5.91 Å². The van der Waals surface area contributed by atoms with Gasteiger partial charge in [-0.05, 0) is 62.7 Å². The maximum Gasteiger partial charge on any atom is 0.248 e. The predicted octanol–water partition coefficient (Wildman–Crippen LogP) is 2.29. The molecule has 3 rings (SSSR count). The van der Waals surface area contributed by atoms with E-state index in [-0.39, 0.29) is 18.0 Å². The van der Waals surface area contributed by atoms with Crippen molar-refractivity contribution in [1.29, 1.82) is 0 Å². The van der Waals surface area contributed by atoms with Crippen molar-refractivity contribution in [3.8, 4) is 0 Å². The first-order valence-corrected chi connectivity index (χ1v) is 8.55. The molecule has 1 aliphatic rings. The van der Waals surface area contributed by atoms with Gasteiger partial charge in [0.1, 0.15) is 0 Å². The molecule has 0 saturated carbocycles. The molecule has 2 atom stereocenters. The summed E-state index contributed by atoms with van der Waals surface area (Å²) in [5.41, 5.74) is 7.56. The van der Waals surface area contributed by atoms with E-state index in [2.05, 4.69) is 20.9 Å². The Morgan fingerprint density at radius 2 is 1.96 bits per heavy atom. The zero-order chi connectivity index (χ0) is 18.0. The van der Waals surface area contributed by atoms with Crippen molar-refractivity contribution < 1.29 is 9.59 Å². The number of aryl methyl sites for hydroxylation is 1. The molecule has 1 fully saturated rings. The number of rotatable bonds is 5. The Bertz CT molecular complexity index is 766. The van der Waals surface area contributed by atoms with Crippen molar-refractivity contribution >= 4 is 17.5 Å². The summed E-state index contributed by atoms with van der Waals surface area (Å²) in [6.07, 6.45) is 4.18. The average Bonchev–Trinajstić information content (AvgIpc) is 3.22. The Morgan fingerprint density at radius 1 is 1.24 bits per heavy atom. The maximum atomic E-state index is 12.7. The van der Waals surface area contributed by atoms with Crippen LogP contribution in [-0.2, 0) is 11.8 Å². The molecule has 0 bridgehead atoms. The van der Waals surface area contributed by atoms with Crippen LogP contribution in [0.15, 0.2) is 42.6 Å². The minimum atomic E-state index is -0.478. The van der Waals surface area contributed by atoms with Crippen molar-refractivity contribution in [3.05, 3.63) is 53.9 Å². The van der Waals surface area contributed by atoms with Gasteiger partial charge in [-0.15, -0.1) is 0 Å². The summed E-state index contributed by atoms with van der Waals surface area (Å²) in [6, 6.07) is 10.8. The first kappa shape index (κ1) is 17.2. The van der Waals surface area contributed by atoms with E-state index in [4.69, 9.17) is 5.73 Å². The zero-order valence-corrected chi connectivity index (χ0v) is 14.6. The van der Waals surface area contributed by atoms with Gasteiger partial charge in [0.15, 0.2) is 0 Å². The largest absolute Gasteiger partial charge is 0.366 e. The Kier molecular flexibility index (Phi) is 4.90. The number of aromatic nitrogens is 1. The highest BCUT2D eigenvalue weighted by Crippen LogP contribution is 2.33. The molecule has 1 aromatic carbocycles. The number of hydrogen-bond acceptors (Lipinski definition) is 3. The normalized spacial score (nSPS) is 18.9. The Hall–Kier alpha value is -2.60. The predicted molar refractivity (Wildman–Crippen MR) is 97.1 cm³/mol. The second kappa shape index (κ2) is 7.11. The third-order valence-corrected chi connectivity index (χ3v) is 4.93. The highest BCUT2D eigenvalue weighted by molar-refractivity contribution is 5.96. The molecule has 0 spiro atoms. The van der Waals surface area contributed by atoms with E-state index >= 15 is 0 Å². The van der Waals surface area contributed by atoms with Gasteiger partial charge in [-0.2, -0.15) is 0 Å². The van der Waals surface area contributed by atoms with Crippen LogP contribution in [0.4, 0.5) is 5.69 Å². The molecule has 0 unspecified atom stereocenters.